The fourth-order valence-electron chi connectivity index (χ4n) is 1.49. The Bertz CT molecular complexity index is 540. The van der Waals surface area contributed by atoms with Gasteiger partial charge in [-0.1, -0.05) is 6.92 Å². The lowest BCUT2D eigenvalue weighted by Crippen LogP contribution is -2.05. The monoisotopic (exact) mass is 263 g/mol. The second-order valence-electron chi connectivity index (χ2n) is 3.71. The van der Waals surface area contributed by atoms with Crippen LogP contribution >= 0.6 is 11.3 Å². The Labute approximate surface area is 109 Å². The number of aromatic nitrogens is 2. The Kier molecular flexibility index (Phi) is 3.88. The molecule has 2 aromatic heterocycles. The van der Waals surface area contributed by atoms with Crippen LogP contribution in [-0.4, -0.2) is 21.0 Å². The smallest absolute Gasteiger partial charge is 0.335 e. The molecular formula is C12H13N3O2S. The van der Waals surface area contributed by atoms with Gasteiger partial charge in [0.25, 0.3) is 0 Å². The first-order chi connectivity index (χ1) is 8.69. The van der Waals surface area contributed by atoms with Crippen molar-refractivity contribution in [2.75, 3.05) is 5.32 Å². The maximum atomic E-state index is 11.0. The maximum Gasteiger partial charge on any atom is 0.335 e. The van der Waals surface area contributed by atoms with Crippen molar-refractivity contribution in [3.05, 3.63) is 40.0 Å². The normalized spacial score (nSPS) is 10.3. The van der Waals surface area contributed by atoms with Gasteiger partial charge in [0, 0.05) is 16.8 Å². The molecule has 18 heavy (non-hydrogen) atoms. The molecule has 0 amide bonds. The molecule has 5 nitrogen and oxygen atoms in total. The Balaban J connectivity index is 2.16. The molecule has 2 aromatic rings. The van der Waals surface area contributed by atoms with Crippen LogP contribution in [0.1, 0.15) is 27.9 Å². The van der Waals surface area contributed by atoms with Gasteiger partial charge in [-0.05, 0) is 18.6 Å². The molecule has 6 heteroatoms. The van der Waals surface area contributed by atoms with Gasteiger partial charge in [-0.2, -0.15) is 0 Å². The lowest BCUT2D eigenvalue weighted by molar-refractivity contribution is 0.0696. The Morgan fingerprint density at radius 1 is 1.50 bits per heavy atom. The minimum Gasteiger partial charge on any atom is -0.478 e. The first-order valence-electron chi connectivity index (χ1n) is 5.54. The zero-order chi connectivity index (χ0) is 13.0. The fourth-order valence-corrected chi connectivity index (χ4v) is 2.02. The number of carboxylic acid groups (broad SMARTS) is 1. The van der Waals surface area contributed by atoms with Gasteiger partial charge in [0.2, 0.25) is 0 Å². The van der Waals surface area contributed by atoms with Crippen molar-refractivity contribution in [2.45, 2.75) is 19.9 Å². The number of carboxylic acids is 1. The van der Waals surface area contributed by atoms with Crippen LogP contribution in [-0.2, 0) is 13.0 Å². The summed E-state index contributed by atoms with van der Waals surface area (Å²) in [7, 11) is 0. The molecule has 0 spiro atoms. The third-order valence-electron chi connectivity index (χ3n) is 2.41. The molecule has 2 heterocycles. The molecule has 0 aromatic carbocycles. The Morgan fingerprint density at radius 3 is 2.94 bits per heavy atom. The number of carbonyl (C=O) groups is 1. The van der Waals surface area contributed by atoms with E-state index >= 15 is 0 Å². The number of pyridine rings is 1. The van der Waals surface area contributed by atoms with E-state index in [1.54, 1.807) is 35.2 Å². The first kappa shape index (κ1) is 12.5. The number of nitrogens with one attached hydrogen (secondary N) is 1. The number of hydrogen-bond donors (Lipinski definition) is 2. The van der Waals surface area contributed by atoms with Crippen molar-refractivity contribution in [3.63, 3.8) is 0 Å². The topological polar surface area (TPSA) is 75.1 Å². The van der Waals surface area contributed by atoms with Crippen molar-refractivity contribution in [1.82, 2.24) is 9.97 Å². The zero-order valence-corrected chi connectivity index (χ0v) is 10.7. The van der Waals surface area contributed by atoms with Crippen LogP contribution in [0.5, 0.6) is 0 Å². The molecule has 0 atom stereocenters. The number of aryl methyl sites for hydroxylation is 1. The number of hydrogen-bond acceptors (Lipinski definition) is 5. The molecule has 0 radical (unpaired) electrons. The molecule has 2 rings (SSSR count). The second kappa shape index (κ2) is 5.59. The largest absolute Gasteiger partial charge is 0.478 e. The number of rotatable bonds is 5. The highest BCUT2D eigenvalue weighted by atomic mass is 32.1. The summed E-state index contributed by atoms with van der Waals surface area (Å²) in [5.74, 6) is -0.354. The third kappa shape index (κ3) is 3.04. The molecule has 0 aliphatic rings. The summed E-state index contributed by atoms with van der Waals surface area (Å²) >= 11 is 1.54. The van der Waals surface area contributed by atoms with Crippen LogP contribution < -0.4 is 5.32 Å². The van der Waals surface area contributed by atoms with E-state index in [-0.39, 0.29) is 5.56 Å². The Hall–Kier alpha value is -1.95. The minimum absolute atomic E-state index is 0.258. The van der Waals surface area contributed by atoms with Gasteiger partial charge < -0.3 is 10.4 Å². The summed E-state index contributed by atoms with van der Waals surface area (Å²) < 4.78 is 0. The summed E-state index contributed by atoms with van der Waals surface area (Å²) in [6.07, 6.45) is 2.48. The number of anilines is 1. The molecule has 0 unspecified atom stereocenters. The fraction of sp³-hybridized carbons (Fsp3) is 0.250. The van der Waals surface area contributed by atoms with Crippen molar-refractivity contribution in [3.8, 4) is 0 Å². The lowest BCUT2D eigenvalue weighted by atomic mass is 10.2. The van der Waals surface area contributed by atoms with E-state index in [9.17, 15) is 4.79 Å². The molecule has 94 valence electrons. The molecular weight excluding hydrogens is 250 g/mol. The van der Waals surface area contributed by atoms with Crippen LogP contribution in [0.4, 0.5) is 5.82 Å². The number of nitrogens with zero attached hydrogens (tertiary/aromatic N) is 2. The van der Waals surface area contributed by atoms with Gasteiger partial charge in [-0.15, -0.1) is 11.3 Å². The summed E-state index contributed by atoms with van der Waals surface area (Å²) in [6.45, 7) is 2.55. The number of thiazole rings is 1. The predicted molar refractivity (Wildman–Crippen MR) is 70.0 cm³/mol. The predicted octanol–water partition coefficient (Wildman–Crippen LogP) is 2.41. The van der Waals surface area contributed by atoms with Gasteiger partial charge in [0.1, 0.15) is 5.82 Å². The van der Waals surface area contributed by atoms with Crippen LogP contribution in [0.2, 0.25) is 0 Å². The molecule has 0 bridgehead atoms. The summed E-state index contributed by atoms with van der Waals surface area (Å²) in [4.78, 5) is 20.4. The molecule has 0 aliphatic carbocycles. The van der Waals surface area contributed by atoms with E-state index in [1.807, 2.05) is 6.92 Å². The van der Waals surface area contributed by atoms with Gasteiger partial charge in [0.05, 0.1) is 17.6 Å². The summed E-state index contributed by atoms with van der Waals surface area (Å²) in [5, 5.41) is 12.1. The zero-order valence-electron chi connectivity index (χ0n) is 9.88. The average molecular weight is 263 g/mol. The van der Waals surface area contributed by atoms with E-state index in [2.05, 4.69) is 15.3 Å². The van der Waals surface area contributed by atoms with Crippen molar-refractivity contribution < 1.29 is 9.90 Å². The lowest BCUT2D eigenvalue weighted by Gasteiger charge is -2.07. The standard InChI is InChI=1S/C12H13N3O2S/c1-2-9-3-8(12(16)17)4-11(15-9)14-6-10-5-13-7-18-10/h3-5,7H,2,6H2,1H3,(H,14,15)(H,16,17). The van der Waals surface area contributed by atoms with E-state index in [0.717, 1.165) is 10.6 Å². The van der Waals surface area contributed by atoms with Crippen molar-refractivity contribution in [2.24, 2.45) is 0 Å². The SMILES string of the molecule is CCc1cc(C(=O)O)cc(NCc2cncs2)n1. The van der Waals surface area contributed by atoms with E-state index in [4.69, 9.17) is 5.11 Å². The first-order valence-corrected chi connectivity index (χ1v) is 6.42. The average Bonchev–Trinajstić information content (AvgIpc) is 2.89. The van der Waals surface area contributed by atoms with Crippen LogP contribution in [0.15, 0.2) is 23.8 Å². The third-order valence-corrected chi connectivity index (χ3v) is 3.19. The quantitative estimate of drug-likeness (QED) is 0.866. The second-order valence-corrected chi connectivity index (χ2v) is 4.68. The Morgan fingerprint density at radius 2 is 2.33 bits per heavy atom. The molecule has 0 saturated heterocycles. The highest BCUT2D eigenvalue weighted by Crippen LogP contribution is 2.14. The van der Waals surface area contributed by atoms with Gasteiger partial charge in [-0.25, -0.2) is 9.78 Å². The molecule has 0 fully saturated rings. The van der Waals surface area contributed by atoms with Crippen LogP contribution in [0.3, 0.4) is 0 Å². The van der Waals surface area contributed by atoms with Crippen molar-refractivity contribution >= 4 is 23.1 Å². The highest BCUT2D eigenvalue weighted by molar-refractivity contribution is 7.09. The van der Waals surface area contributed by atoms with Gasteiger partial charge in [-0.3, -0.25) is 4.98 Å². The van der Waals surface area contributed by atoms with Crippen molar-refractivity contribution in [1.29, 1.82) is 0 Å². The molecule has 2 N–H and O–H groups in total. The number of aromatic carboxylic acids is 1. The molecule has 0 saturated carbocycles. The summed E-state index contributed by atoms with van der Waals surface area (Å²) in [5.41, 5.74) is 2.78. The van der Waals surface area contributed by atoms with Gasteiger partial charge >= 0.3 is 5.97 Å². The minimum atomic E-state index is -0.937. The van der Waals surface area contributed by atoms with Crippen LogP contribution in [0.25, 0.3) is 0 Å². The van der Waals surface area contributed by atoms with E-state index < -0.39 is 5.97 Å². The van der Waals surface area contributed by atoms with Crippen LogP contribution in [0, 0.1) is 0 Å². The highest BCUT2D eigenvalue weighted by Gasteiger charge is 2.07. The molecule has 0 aliphatic heterocycles. The maximum absolute atomic E-state index is 11.0. The summed E-state index contributed by atoms with van der Waals surface area (Å²) in [6, 6.07) is 3.14. The van der Waals surface area contributed by atoms with E-state index in [1.165, 1.54) is 0 Å². The van der Waals surface area contributed by atoms with Gasteiger partial charge in [0.15, 0.2) is 0 Å². The van der Waals surface area contributed by atoms with E-state index in [0.29, 0.717) is 18.8 Å².